The zero-order valence-electron chi connectivity index (χ0n) is 17.0. The van der Waals surface area contributed by atoms with Crippen LogP contribution in [0.4, 0.5) is 0 Å². The first-order valence-electron chi connectivity index (χ1n) is 10.7. The smallest absolute Gasteiger partial charge is 0.262 e. The molecule has 4 aliphatic heterocycles. The highest BCUT2D eigenvalue weighted by molar-refractivity contribution is 6.24. The molecular formula is C22H26N4O4. The van der Waals surface area contributed by atoms with Gasteiger partial charge in [-0.05, 0) is 50.8 Å². The fourth-order valence-corrected chi connectivity index (χ4v) is 5.50. The molecule has 4 atom stereocenters. The highest BCUT2D eigenvalue weighted by atomic mass is 16.2. The third kappa shape index (κ3) is 3.15. The topological polar surface area (TPSA) is 98.8 Å². The molecule has 0 aliphatic carbocycles. The van der Waals surface area contributed by atoms with Crippen LogP contribution < -0.4 is 10.6 Å². The maximum absolute atomic E-state index is 13.2. The molecular weight excluding hydrogens is 384 g/mol. The van der Waals surface area contributed by atoms with Gasteiger partial charge in [0, 0.05) is 31.1 Å². The quantitative estimate of drug-likeness (QED) is 0.713. The van der Waals surface area contributed by atoms with Crippen molar-refractivity contribution in [3.8, 4) is 0 Å². The molecule has 0 saturated carbocycles. The summed E-state index contributed by atoms with van der Waals surface area (Å²) in [6.45, 7) is 0.579. The van der Waals surface area contributed by atoms with E-state index in [1.807, 2.05) is 6.07 Å². The summed E-state index contributed by atoms with van der Waals surface area (Å²) in [5, 5.41) is 5.89. The summed E-state index contributed by atoms with van der Waals surface area (Å²) in [4.78, 5) is 53.3. The van der Waals surface area contributed by atoms with E-state index in [1.54, 1.807) is 12.1 Å². The third-order valence-corrected chi connectivity index (χ3v) is 7.05. The molecule has 2 bridgehead atoms. The Labute approximate surface area is 175 Å². The first-order valence-corrected chi connectivity index (χ1v) is 10.7. The summed E-state index contributed by atoms with van der Waals surface area (Å²) in [7, 11) is 2.08. The van der Waals surface area contributed by atoms with Gasteiger partial charge in [-0.2, -0.15) is 0 Å². The largest absolute Gasteiger partial charge is 0.311 e. The highest BCUT2D eigenvalue weighted by Crippen LogP contribution is 2.33. The SMILES string of the molecule is CN(Cc1cccc2c1C(=O)N(C1CCC(=O)NC1=O)C2=O)C1C[C@H]2CC[C@@H](C1)N2. The van der Waals surface area contributed by atoms with Crippen molar-refractivity contribution in [2.45, 2.75) is 69.2 Å². The van der Waals surface area contributed by atoms with Gasteiger partial charge in [0.2, 0.25) is 11.8 Å². The Balaban J connectivity index is 1.38. The maximum Gasteiger partial charge on any atom is 0.262 e. The summed E-state index contributed by atoms with van der Waals surface area (Å²) in [5.41, 5.74) is 1.56. The molecule has 8 heteroatoms. The molecule has 4 heterocycles. The summed E-state index contributed by atoms with van der Waals surface area (Å²) in [6.07, 6.45) is 4.93. The fraction of sp³-hybridized carbons (Fsp3) is 0.545. The van der Waals surface area contributed by atoms with Gasteiger partial charge in [-0.3, -0.25) is 34.3 Å². The van der Waals surface area contributed by atoms with E-state index in [4.69, 9.17) is 0 Å². The van der Waals surface area contributed by atoms with Crippen molar-refractivity contribution >= 4 is 23.6 Å². The molecule has 1 aromatic rings. The molecule has 8 nitrogen and oxygen atoms in total. The van der Waals surface area contributed by atoms with Gasteiger partial charge in [0.1, 0.15) is 6.04 Å². The summed E-state index contributed by atoms with van der Waals surface area (Å²) < 4.78 is 0. The number of benzene rings is 1. The average molecular weight is 410 g/mol. The number of amides is 4. The van der Waals surface area contributed by atoms with E-state index in [0.29, 0.717) is 35.8 Å². The summed E-state index contributed by atoms with van der Waals surface area (Å²) in [5.74, 6) is -1.83. The number of rotatable bonds is 4. The van der Waals surface area contributed by atoms with Crippen molar-refractivity contribution in [3.05, 3.63) is 34.9 Å². The predicted octanol–water partition coefficient (Wildman–Crippen LogP) is 0.803. The van der Waals surface area contributed by atoms with Crippen LogP contribution in [-0.2, 0) is 16.1 Å². The Hall–Kier alpha value is -2.58. The standard InChI is InChI=1S/C22H26N4O4/c1-25(15-9-13-5-6-14(10-15)23-13)11-12-3-2-4-16-19(12)22(30)26(21(16)29)17-7-8-18(27)24-20(17)28/h2-4,13-15,17,23H,5-11H2,1H3,(H,24,27,28)/t13-,14+,15?,17?. The maximum atomic E-state index is 13.2. The molecule has 5 rings (SSSR count). The van der Waals surface area contributed by atoms with Crippen LogP contribution in [0.15, 0.2) is 18.2 Å². The minimum Gasteiger partial charge on any atom is -0.311 e. The van der Waals surface area contributed by atoms with Gasteiger partial charge in [0.15, 0.2) is 0 Å². The molecule has 3 fully saturated rings. The fourth-order valence-electron chi connectivity index (χ4n) is 5.50. The zero-order valence-corrected chi connectivity index (χ0v) is 17.0. The Morgan fingerprint density at radius 1 is 1.03 bits per heavy atom. The number of hydrogen-bond donors (Lipinski definition) is 2. The molecule has 0 radical (unpaired) electrons. The lowest BCUT2D eigenvalue weighted by molar-refractivity contribution is -0.136. The van der Waals surface area contributed by atoms with Gasteiger partial charge in [0.25, 0.3) is 11.8 Å². The van der Waals surface area contributed by atoms with Gasteiger partial charge in [-0.15, -0.1) is 0 Å². The van der Waals surface area contributed by atoms with Crippen LogP contribution in [0.5, 0.6) is 0 Å². The van der Waals surface area contributed by atoms with Crippen molar-refractivity contribution < 1.29 is 19.2 Å². The van der Waals surface area contributed by atoms with Crippen LogP contribution in [0.25, 0.3) is 0 Å². The molecule has 158 valence electrons. The highest BCUT2D eigenvalue weighted by Gasteiger charge is 2.45. The van der Waals surface area contributed by atoms with Crippen LogP contribution in [0.2, 0.25) is 0 Å². The van der Waals surface area contributed by atoms with Gasteiger partial charge in [0.05, 0.1) is 11.1 Å². The van der Waals surface area contributed by atoms with E-state index in [1.165, 1.54) is 12.8 Å². The molecule has 0 spiro atoms. The number of nitrogens with one attached hydrogen (secondary N) is 2. The van der Waals surface area contributed by atoms with E-state index in [9.17, 15) is 19.2 Å². The lowest BCUT2D eigenvalue weighted by Crippen LogP contribution is -2.54. The van der Waals surface area contributed by atoms with E-state index >= 15 is 0 Å². The number of nitrogens with zero attached hydrogens (tertiary/aromatic N) is 2. The Bertz CT molecular complexity index is 933. The first-order chi connectivity index (χ1) is 14.4. The minimum atomic E-state index is -0.930. The molecule has 0 aromatic heterocycles. The van der Waals surface area contributed by atoms with Gasteiger partial charge in [-0.1, -0.05) is 12.1 Å². The lowest BCUT2D eigenvalue weighted by Gasteiger charge is -2.35. The Kier molecular flexibility index (Phi) is 4.71. The van der Waals surface area contributed by atoms with Gasteiger partial charge in [-0.25, -0.2) is 0 Å². The molecule has 4 aliphatic rings. The van der Waals surface area contributed by atoms with Crippen LogP contribution >= 0.6 is 0 Å². The minimum absolute atomic E-state index is 0.122. The molecule has 1 aromatic carbocycles. The van der Waals surface area contributed by atoms with E-state index in [0.717, 1.165) is 23.3 Å². The van der Waals surface area contributed by atoms with Crippen molar-refractivity contribution in [1.82, 2.24) is 20.4 Å². The van der Waals surface area contributed by atoms with Crippen LogP contribution in [-0.4, -0.2) is 64.6 Å². The third-order valence-electron chi connectivity index (χ3n) is 7.05. The molecule has 2 unspecified atom stereocenters. The predicted molar refractivity (Wildman–Crippen MR) is 108 cm³/mol. The number of hydrogen-bond acceptors (Lipinski definition) is 6. The number of carbonyl (C=O) groups is 4. The van der Waals surface area contributed by atoms with Crippen LogP contribution in [0.1, 0.15) is 64.8 Å². The Morgan fingerprint density at radius 2 is 1.77 bits per heavy atom. The van der Waals surface area contributed by atoms with Gasteiger partial charge >= 0.3 is 0 Å². The molecule has 4 amide bonds. The van der Waals surface area contributed by atoms with E-state index < -0.39 is 23.8 Å². The second kappa shape index (κ2) is 7.28. The summed E-state index contributed by atoms with van der Waals surface area (Å²) >= 11 is 0. The monoisotopic (exact) mass is 410 g/mol. The van der Waals surface area contributed by atoms with Crippen molar-refractivity contribution in [2.75, 3.05) is 7.05 Å². The van der Waals surface area contributed by atoms with Crippen molar-refractivity contribution in [2.24, 2.45) is 0 Å². The second-order valence-electron chi connectivity index (χ2n) is 8.97. The zero-order chi connectivity index (χ0) is 21.0. The lowest BCUT2D eigenvalue weighted by atomic mass is 9.97. The number of piperidine rings is 2. The molecule has 3 saturated heterocycles. The van der Waals surface area contributed by atoms with E-state index in [2.05, 4.69) is 22.6 Å². The number of imide groups is 2. The van der Waals surface area contributed by atoms with Crippen molar-refractivity contribution in [3.63, 3.8) is 0 Å². The van der Waals surface area contributed by atoms with Gasteiger partial charge < -0.3 is 5.32 Å². The Morgan fingerprint density at radius 3 is 2.47 bits per heavy atom. The average Bonchev–Trinajstić information content (AvgIpc) is 3.18. The first kappa shape index (κ1) is 19.4. The number of fused-ring (bicyclic) bond motifs is 3. The normalized spacial score (nSPS) is 30.8. The molecule has 30 heavy (non-hydrogen) atoms. The van der Waals surface area contributed by atoms with Crippen LogP contribution in [0, 0.1) is 0 Å². The second-order valence-corrected chi connectivity index (χ2v) is 8.97. The molecule has 2 N–H and O–H groups in total. The van der Waals surface area contributed by atoms with Crippen molar-refractivity contribution in [1.29, 1.82) is 0 Å². The summed E-state index contributed by atoms with van der Waals surface area (Å²) in [6, 6.07) is 6.00. The van der Waals surface area contributed by atoms with Crippen LogP contribution in [0.3, 0.4) is 0 Å². The number of carbonyl (C=O) groups excluding carboxylic acids is 4. The van der Waals surface area contributed by atoms with E-state index in [-0.39, 0.29) is 18.7 Å².